The van der Waals surface area contributed by atoms with Crippen LogP contribution in [0.1, 0.15) is 51.0 Å². The van der Waals surface area contributed by atoms with Crippen molar-refractivity contribution in [3.05, 3.63) is 33.4 Å². The number of carbonyl (C=O) groups is 2. The Hall–Kier alpha value is -1.64. The fourth-order valence-electron chi connectivity index (χ4n) is 2.26. The van der Waals surface area contributed by atoms with Crippen molar-refractivity contribution in [3.8, 4) is 0 Å². The maximum Gasteiger partial charge on any atom is 0.163 e. The molecule has 3 nitrogen and oxygen atoms in total. The van der Waals surface area contributed by atoms with Gasteiger partial charge in [0.2, 0.25) is 0 Å². The first-order chi connectivity index (χ1) is 8.27. The van der Waals surface area contributed by atoms with E-state index >= 15 is 0 Å². The van der Waals surface area contributed by atoms with Crippen LogP contribution < -0.4 is 5.11 Å². The Kier molecular flexibility index (Phi) is 4.28. The minimum atomic E-state index is -1.18. The number of hydrogen-bond acceptors (Lipinski definition) is 3. The lowest BCUT2D eigenvalue weighted by Crippen LogP contribution is -2.23. The molecule has 0 amide bonds. The average molecular weight is 247 g/mol. The van der Waals surface area contributed by atoms with Gasteiger partial charge in [-0.1, -0.05) is 0 Å². The zero-order valence-corrected chi connectivity index (χ0v) is 11.6. The summed E-state index contributed by atoms with van der Waals surface area (Å²) in [6.07, 6.45) is -0.213. The van der Waals surface area contributed by atoms with Gasteiger partial charge in [0, 0.05) is 18.0 Å². The van der Waals surface area contributed by atoms with Crippen LogP contribution in [-0.2, 0) is 4.79 Å². The maximum absolute atomic E-state index is 12.1. The quantitative estimate of drug-likeness (QED) is 0.764. The van der Waals surface area contributed by atoms with Crippen molar-refractivity contribution < 1.29 is 14.7 Å². The van der Waals surface area contributed by atoms with Crippen molar-refractivity contribution in [2.75, 3.05) is 0 Å². The third kappa shape index (κ3) is 2.61. The van der Waals surface area contributed by atoms with Gasteiger partial charge in [0.1, 0.15) is 0 Å². The summed E-state index contributed by atoms with van der Waals surface area (Å²) in [5.41, 5.74) is 6.00. The first kappa shape index (κ1) is 14.4. The second-order valence-electron chi connectivity index (χ2n) is 4.80. The number of rotatable bonds is 4. The second kappa shape index (κ2) is 5.34. The van der Waals surface area contributed by atoms with Crippen LogP contribution in [0.25, 0.3) is 0 Å². The molecule has 0 N–H and O–H groups in total. The molecule has 0 spiro atoms. The molecule has 0 radical (unpaired) electrons. The maximum atomic E-state index is 12.1. The van der Waals surface area contributed by atoms with Crippen molar-refractivity contribution >= 4 is 11.8 Å². The Morgan fingerprint density at radius 1 is 0.778 bits per heavy atom. The smallest absolute Gasteiger partial charge is 0.163 e. The van der Waals surface area contributed by atoms with Gasteiger partial charge in [0.15, 0.2) is 5.78 Å². The van der Waals surface area contributed by atoms with E-state index in [9.17, 15) is 14.7 Å². The molecule has 1 rings (SSSR count). The van der Waals surface area contributed by atoms with Crippen molar-refractivity contribution in [2.24, 2.45) is 0 Å². The molecule has 0 saturated heterocycles. The summed E-state index contributed by atoms with van der Waals surface area (Å²) in [5, 5.41) is 10.4. The second-order valence-corrected chi connectivity index (χ2v) is 4.80. The summed E-state index contributed by atoms with van der Waals surface area (Å²) in [6, 6.07) is 0. The summed E-state index contributed by atoms with van der Waals surface area (Å²) < 4.78 is 0. The molecule has 0 heterocycles. The molecule has 0 aromatic heterocycles. The Balaban J connectivity index is 3.24. The van der Waals surface area contributed by atoms with E-state index in [1.54, 1.807) is 0 Å². The van der Waals surface area contributed by atoms with E-state index in [-0.39, 0.29) is 18.6 Å². The van der Waals surface area contributed by atoms with Crippen molar-refractivity contribution in [3.63, 3.8) is 0 Å². The Labute approximate surface area is 108 Å². The number of aliphatic carboxylic acids is 1. The predicted molar refractivity (Wildman–Crippen MR) is 68.7 cm³/mol. The summed E-state index contributed by atoms with van der Waals surface area (Å²) in [7, 11) is 0. The first-order valence-electron chi connectivity index (χ1n) is 6.07. The summed E-state index contributed by atoms with van der Waals surface area (Å²) in [6.45, 7) is 9.86. The standard InChI is InChI=1S/C15H20O3/c1-8-9(2)11(4)15(12(5)10(8)3)13(16)6-7-14(17)18/h6-7H2,1-5H3,(H,17,18)/p-1. The number of carboxylic acid groups (broad SMARTS) is 1. The number of carboxylic acids is 1. The largest absolute Gasteiger partial charge is 0.550 e. The number of carbonyl (C=O) groups excluding carboxylic acids is 2. The highest BCUT2D eigenvalue weighted by atomic mass is 16.4. The SMILES string of the molecule is Cc1c(C)c(C)c(C(=O)CCC(=O)[O-])c(C)c1C. The topological polar surface area (TPSA) is 57.2 Å². The van der Waals surface area contributed by atoms with Gasteiger partial charge in [0.05, 0.1) is 0 Å². The lowest BCUT2D eigenvalue weighted by atomic mass is 9.87. The molecule has 3 heteroatoms. The fraction of sp³-hybridized carbons (Fsp3) is 0.467. The molecular formula is C15H19O3-. The summed E-state index contributed by atoms with van der Waals surface area (Å²) in [4.78, 5) is 22.5. The van der Waals surface area contributed by atoms with Gasteiger partial charge in [-0.05, 0) is 68.9 Å². The normalized spacial score (nSPS) is 10.5. The van der Waals surface area contributed by atoms with Gasteiger partial charge < -0.3 is 9.90 Å². The number of ketones is 1. The molecule has 18 heavy (non-hydrogen) atoms. The molecule has 0 unspecified atom stereocenters. The molecule has 1 aromatic carbocycles. The fourth-order valence-corrected chi connectivity index (χ4v) is 2.26. The number of benzene rings is 1. The zero-order valence-electron chi connectivity index (χ0n) is 11.6. The van der Waals surface area contributed by atoms with E-state index in [2.05, 4.69) is 0 Å². The van der Waals surface area contributed by atoms with Crippen LogP contribution in [0.5, 0.6) is 0 Å². The summed E-state index contributed by atoms with van der Waals surface area (Å²) in [5.74, 6) is -1.29. The van der Waals surface area contributed by atoms with E-state index in [1.165, 1.54) is 5.56 Å². The molecule has 0 fully saturated rings. The Morgan fingerprint density at radius 2 is 1.17 bits per heavy atom. The molecule has 0 bridgehead atoms. The molecule has 0 atom stereocenters. The van der Waals surface area contributed by atoms with Crippen LogP contribution in [0.2, 0.25) is 0 Å². The van der Waals surface area contributed by atoms with Gasteiger partial charge in [0.25, 0.3) is 0 Å². The van der Waals surface area contributed by atoms with E-state index in [4.69, 9.17) is 0 Å². The highest BCUT2D eigenvalue weighted by molar-refractivity contribution is 6.00. The van der Waals surface area contributed by atoms with Crippen LogP contribution in [0, 0.1) is 34.6 Å². The van der Waals surface area contributed by atoms with Gasteiger partial charge in [-0.15, -0.1) is 0 Å². The lowest BCUT2D eigenvalue weighted by Gasteiger charge is -2.17. The lowest BCUT2D eigenvalue weighted by molar-refractivity contribution is -0.305. The van der Waals surface area contributed by atoms with Crippen LogP contribution in [0.4, 0.5) is 0 Å². The Bertz CT molecular complexity index is 484. The predicted octanol–water partition coefficient (Wildman–Crippen LogP) is 1.94. The van der Waals surface area contributed by atoms with E-state index in [1.807, 2.05) is 34.6 Å². The van der Waals surface area contributed by atoms with Crippen molar-refractivity contribution in [1.29, 1.82) is 0 Å². The highest BCUT2D eigenvalue weighted by Gasteiger charge is 2.17. The molecular weight excluding hydrogens is 228 g/mol. The van der Waals surface area contributed by atoms with Crippen LogP contribution in [0.3, 0.4) is 0 Å². The van der Waals surface area contributed by atoms with Gasteiger partial charge in [-0.3, -0.25) is 4.79 Å². The highest BCUT2D eigenvalue weighted by Crippen LogP contribution is 2.27. The first-order valence-corrected chi connectivity index (χ1v) is 6.07. The van der Waals surface area contributed by atoms with Gasteiger partial charge in [-0.25, -0.2) is 0 Å². The average Bonchev–Trinajstić information content (AvgIpc) is 2.31. The zero-order chi connectivity index (χ0) is 14.0. The van der Waals surface area contributed by atoms with Crippen LogP contribution in [-0.4, -0.2) is 11.8 Å². The van der Waals surface area contributed by atoms with E-state index in [0.717, 1.165) is 22.3 Å². The number of Topliss-reactive ketones (excluding diaryl/α,β-unsaturated/α-hetero) is 1. The third-order valence-corrected chi connectivity index (χ3v) is 3.84. The van der Waals surface area contributed by atoms with E-state index in [0.29, 0.717) is 5.56 Å². The molecule has 0 aliphatic carbocycles. The molecule has 0 saturated carbocycles. The van der Waals surface area contributed by atoms with E-state index < -0.39 is 5.97 Å². The monoisotopic (exact) mass is 247 g/mol. The minimum absolute atomic E-state index is 0.00591. The molecule has 0 aliphatic heterocycles. The Morgan fingerprint density at radius 3 is 1.56 bits per heavy atom. The molecule has 1 aromatic rings. The minimum Gasteiger partial charge on any atom is -0.550 e. The number of hydrogen-bond donors (Lipinski definition) is 0. The third-order valence-electron chi connectivity index (χ3n) is 3.84. The van der Waals surface area contributed by atoms with Crippen LogP contribution >= 0.6 is 0 Å². The summed E-state index contributed by atoms with van der Waals surface area (Å²) >= 11 is 0. The molecule has 98 valence electrons. The van der Waals surface area contributed by atoms with Crippen molar-refractivity contribution in [2.45, 2.75) is 47.5 Å². The van der Waals surface area contributed by atoms with Gasteiger partial charge >= 0.3 is 0 Å². The molecule has 0 aliphatic rings. The van der Waals surface area contributed by atoms with Crippen molar-refractivity contribution in [1.82, 2.24) is 0 Å². The van der Waals surface area contributed by atoms with Gasteiger partial charge in [-0.2, -0.15) is 0 Å². The van der Waals surface area contributed by atoms with Crippen LogP contribution in [0.15, 0.2) is 0 Å².